The van der Waals surface area contributed by atoms with Gasteiger partial charge in [-0.1, -0.05) is 0 Å². The van der Waals surface area contributed by atoms with Crippen LogP contribution in [-0.4, -0.2) is 93.5 Å². The van der Waals surface area contributed by atoms with E-state index in [-0.39, 0.29) is 23.5 Å². The van der Waals surface area contributed by atoms with E-state index in [4.69, 9.17) is 0 Å². The minimum absolute atomic E-state index is 0.0455. The lowest BCUT2D eigenvalue weighted by Gasteiger charge is -2.43. The number of carbonyl (C=O) groups excluding carboxylic acids is 1. The molecule has 3 saturated heterocycles. The van der Waals surface area contributed by atoms with Crippen LogP contribution in [0.25, 0.3) is 0 Å². The number of piperazine rings is 1. The number of nitrogens with zero attached hydrogens (tertiary/aromatic N) is 2. The fraction of sp³-hybridized carbons (Fsp3) is 0.923. The maximum Gasteiger partial charge on any atom is 0.234 e. The Morgan fingerprint density at radius 3 is 2.43 bits per heavy atom. The molecule has 3 aliphatic rings. The lowest BCUT2D eigenvalue weighted by Crippen LogP contribution is -2.62. The molecule has 0 aromatic rings. The smallest absolute Gasteiger partial charge is 0.234 e. The monoisotopic (exact) mass is 316 g/mol. The molecule has 1 unspecified atom stereocenters. The number of carbonyl (C=O) groups is 1. The summed E-state index contributed by atoms with van der Waals surface area (Å²) in [6.07, 6.45) is 0.552. The molecular formula is C13H24N4O3S. The normalized spacial score (nSPS) is 31.0. The topological polar surface area (TPSA) is 81.8 Å². The molecule has 120 valence electrons. The molecule has 3 heterocycles. The van der Waals surface area contributed by atoms with E-state index in [1.165, 1.54) is 0 Å². The molecule has 0 aromatic carbocycles. The molecule has 0 saturated carbocycles. The Morgan fingerprint density at radius 1 is 1.19 bits per heavy atom. The van der Waals surface area contributed by atoms with Gasteiger partial charge in [0.2, 0.25) is 5.91 Å². The lowest BCUT2D eigenvalue weighted by atomic mass is 10.1. The maximum atomic E-state index is 12.0. The molecule has 0 bridgehead atoms. The Balaban J connectivity index is 1.38. The Hall–Kier alpha value is -0.700. The number of amides is 1. The average Bonchev–Trinajstić information content (AvgIpc) is 2.69. The van der Waals surface area contributed by atoms with Crippen molar-refractivity contribution in [2.45, 2.75) is 18.5 Å². The summed E-state index contributed by atoms with van der Waals surface area (Å²) in [5, 5.41) is 6.14. The molecule has 0 spiro atoms. The van der Waals surface area contributed by atoms with E-state index in [9.17, 15) is 13.2 Å². The highest BCUT2D eigenvalue weighted by atomic mass is 32.2. The average molecular weight is 316 g/mol. The van der Waals surface area contributed by atoms with Crippen molar-refractivity contribution >= 4 is 15.7 Å². The zero-order valence-electron chi connectivity index (χ0n) is 12.3. The van der Waals surface area contributed by atoms with Crippen LogP contribution in [-0.2, 0) is 14.6 Å². The van der Waals surface area contributed by atoms with Crippen molar-refractivity contribution in [2.24, 2.45) is 0 Å². The standard InChI is InChI=1S/C13H24N4O3S/c18-13(15-11-1-6-21(19,20)10-11)9-16-2-4-17(5-3-16)12-7-14-8-12/h11-12,14H,1-10H2,(H,15,18). The van der Waals surface area contributed by atoms with Gasteiger partial charge in [-0.3, -0.25) is 14.6 Å². The van der Waals surface area contributed by atoms with E-state index in [1.54, 1.807) is 0 Å². The molecule has 21 heavy (non-hydrogen) atoms. The summed E-state index contributed by atoms with van der Waals surface area (Å²) in [6.45, 7) is 6.38. The van der Waals surface area contributed by atoms with Crippen LogP contribution in [0.5, 0.6) is 0 Å². The third kappa shape index (κ3) is 3.94. The minimum Gasteiger partial charge on any atom is -0.351 e. The second-order valence-corrected chi connectivity index (χ2v) is 8.52. The molecule has 3 rings (SSSR count). The van der Waals surface area contributed by atoms with Gasteiger partial charge in [0.25, 0.3) is 0 Å². The van der Waals surface area contributed by atoms with Gasteiger partial charge >= 0.3 is 0 Å². The summed E-state index contributed by atoms with van der Waals surface area (Å²) in [7, 11) is -2.93. The highest BCUT2D eigenvalue weighted by Gasteiger charge is 2.30. The summed E-state index contributed by atoms with van der Waals surface area (Å²) in [5.41, 5.74) is 0. The highest BCUT2D eigenvalue weighted by Crippen LogP contribution is 2.12. The highest BCUT2D eigenvalue weighted by molar-refractivity contribution is 7.91. The SMILES string of the molecule is O=C(CN1CCN(C2CNC2)CC1)NC1CCS(=O)(=O)C1. The first-order valence-electron chi connectivity index (χ1n) is 7.69. The van der Waals surface area contributed by atoms with E-state index < -0.39 is 9.84 Å². The first kappa shape index (κ1) is 15.2. The van der Waals surface area contributed by atoms with Gasteiger partial charge in [0.05, 0.1) is 18.1 Å². The fourth-order valence-electron chi connectivity index (χ4n) is 3.20. The molecule has 3 aliphatic heterocycles. The molecule has 0 radical (unpaired) electrons. The van der Waals surface area contributed by atoms with E-state index in [0.717, 1.165) is 39.3 Å². The number of sulfone groups is 1. The Kier molecular flexibility index (Phi) is 4.49. The van der Waals surface area contributed by atoms with Crippen LogP contribution in [0.2, 0.25) is 0 Å². The largest absolute Gasteiger partial charge is 0.351 e. The first-order chi connectivity index (χ1) is 10.0. The maximum absolute atomic E-state index is 12.0. The molecule has 7 nitrogen and oxygen atoms in total. The van der Waals surface area contributed by atoms with Gasteiger partial charge in [-0.25, -0.2) is 8.42 Å². The van der Waals surface area contributed by atoms with Gasteiger partial charge in [-0.2, -0.15) is 0 Å². The van der Waals surface area contributed by atoms with Crippen LogP contribution < -0.4 is 10.6 Å². The van der Waals surface area contributed by atoms with Crippen LogP contribution in [0.15, 0.2) is 0 Å². The number of hydrogen-bond acceptors (Lipinski definition) is 6. The summed E-state index contributed by atoms with van der Waals surface area (Å²) in [6, 6.07) is 0.481. The van der Waals surface area contributed by atoms with Crippen LogP contribution in [0.1, 0.15) is 6.42 Å². The first-order valence-corrected chi connectivity index (χ1v) is 9.51. The van der Waals surface area contributed by atoms with Crippen LogP contribution in [0.3, 0.4) is 0 Å². The van der Waals surface area contributed by atoms with Crippen LogP contribution in [0, 0.1) is 0 Å². The van der Waals surface area contributed by atoms with Gasteiger partial charge in [0.15, 0.2) is 9.84 Å². The van der Waals surface area contributed by atoms with E-state index in [2.05, 4.69) is 20.4 Å². The summed E-state index contributed by atoms with van der Waals surface area (Å²) >= 11 is 0. The zero-order valence-corrected chi connectivity index (χ0v) is 13.1. The van der Waals surface area contributed by atoms with Crippen molar-refractivity contribution in [1.82, 2.24) is 20.4 Å². The predicted octanol–water partition coefficient (Wildman–Crippen LogP) is -2.12. The predicted molar refractivity (Wildman–Crippen MR) is 79.9 cm³/mol. The third-order valence-electron chi connectivity index (χ3n) is 4.65. The summed E-state index contributed by atoms with van der Waals surface area (Å²) in [4.78, 5) is 16.6. The van der Waals surface area contributed by atoms with Gasteiger partial charge < -0.3 is 10.6 Å². The number of rotatable bonds is 4. The molecule has 1 atom stereocenters. The van der Waals surface area contributed by atoms with Crippen molar-refractivity contribution in [3.05, 3.63) is 0 Å². The molecule has 1 amide bonds. The van der Waals surface area contributed by atoms with Crippen molar-refractivity contribution in [3.8, 4) is 0 Å². The van der Waals surface area contributed by atoms with E-state index >= 15 is 0 Å². The van der Waals surface area contributed by atoms with Gasteiger partial charge in [-0.05, 0) is 6.42 Å². The summed E-state index contributed by atoms with van der Waals surface area (Å²) in [5.74, 6) is 0.253. The molecule has 2 N–H and O–H groups in total. The van der Waals surface area contributed by atoms with Crippen LogP contribution in [0.4, 0.5) is 0 Å². The third-order valence-corrected chi connectivity index (χ3v) is 6.42. The molecule has 8 heteroatoms. The Morgan fingerprint density at radius 2 is 1.90 bits per heavy atom. The zero-order chi connectivity index (χ0) is 14.9. The lowest BCUT2D eigenvalue weighted by molar-refractivity contribution is -0.123. The summed E-state index contributed by atoms with van der Waals surface area (Å²) < 4.78 is 22.7. The molecule has 3 fully saturated rings. The Labute approximate surface area is 126 Å². The molecular weight excluding hydrogens is 292 g/mol. The minimum atomic E-state index is -2.93. The number of nitrogens with one attached hydrogen (secondary N) is 2. The quantitative estimate of drug-likeness (QED) is 0.617. The molecule has 0 aliphatic carbocycles. The second kappa shape index (κ2) is 6.20. The van der Waals surface area contributed by atoms with E-state index in [1.807, 2.05) is 0 Å². The van der Waals surface area contributed by atoms with Crippen molar-refractivity contribution in [1.29, 1.82) is 0 Å². The van der Waals surface area contributed by atoms with Crippen molar-refractivity contribution in [2.75, 3.05) is 57.3 Å². The molecule has 0 aromatic heterocycles. The van der Waals surface area contributed by atoms with Gasteiger partial charge in [0.1, 0.15) is 0 Å². The fourth-order valence-corrected chi connectivity index (χ4v) is 4.88. The Bertz CT molecular complexity index is 484. The van der Waals surface area contributed by atoms with Gasteiger partial charge in [0, 0.05) is 51.4 Å². The van der Waals surface area contributed by atoms with Crippen molar-refractivity contribution in [3.63, 3.8) is 0 Å². The van der Waals surface area contributed by atoms with Crippen molar-refractivity contribution < 1.29 is 13.2 Å². The van der Waals surface area contributed by atoms with E-state index in [0.29, 0.717) is 19.0 Å². The van der Waals surface area contributed by atoms with Crippen LogP contribution >= 0.6 is 0 Å². The van der Waals surface area contributed by atoms with Gasteiger partial charge in [-0.15, -0.1) is 0 Å². The number of hydrogen-bond donors (Lipinski definition) is 2. The second-order valence-electron chi connectivity index (χ2n) is 6.29.